The molecular weight excluding hydrogens is 549 g/mol. The lowest BCUT2D eigenvalue weighted by molar-refractivity contribution is -0.187. The molecule has 3 saturated heterocycles. The number of aromatic nitrogens is 4. The maximum absolute atomic E-state index is 12.4. The fourth-order valence-electron chi connectivity index (χ4n) is 4.69. The first-order chi connectivity index (χ1) is 17.9. The van der Waals surface area contributed by atoms with Gasteiger partial charge in [-0.05, 0) is 24.8 Å². The van der Waals surface area contributed by atoms with E-state index < -0.39 is 72.7 Å². The zero-order chi connectivity index (χ0) is 27.4. The lowest BCUT2D eigenvalue weighted by Crippen LogP contribution is -2.45. The third-order valence-corrected chi connectivity index (χ3v) is 8.22. The summed E-state index contributed by atoms with van der Waals surface area (Å²) in [5, 5.41) is 20.5. The molecule has 0 saturated carbocycles. The molecule has 0 amide bonds. The third-order valence-electron chi connectivity index (χ3n) is 6.68. The molecule has 0 aliphatic carbocycles. The Kier molecular flexibility index (Phi) is 7.19. The Morgan fingerprint density at radius 2 is 2.13 bits per heavy atom. The number of aliphatic hydroxyl groups excluding tert-OH is 2. The van der Waals surface area contributed by atoms with E-state index in [2.05, 4.69) is 9.97 Å². The Bertz CT molecular complexity index is 1450. The second-order valence-electron chi connectivity index (χ2n) is 9.25. The highest BCUT2D eigenvalue weighted by Gasteiger charge is 2.64. The lowest BCUT2D eigenvalue weighted by Gasteiger charge is -2.30. The number of H-pyrrole nitrogens is 1. The summed E-state index contributed by atoms with van der Waals surface area (Å²) in [7, 11) is 0. The van der Waals surface area contributed by atoms with Crippen LogP contribution in [0.3, 0.4) is 0 Å². The summed E-state index contributed by atoms with van der Waals surface area (Å²) in [6.07, 6.45) is -3.34. The summed E-state index contributed by atoms with van der Waals surface area (Å²) >= 11 is 5.16. The van der Waals surface area contributed by atoms with Gasteiger partial charge in [0.15, 0.2) is 6.23 Å². The number of nitrogen functional groups attached to an aromatic ring is 1. The second-order valence-corrected chi connectivity index (χ2v) is 12.0. The molecule has 16 nitrogen and oxygen atoms in total. The van der Waals surface area contributed by atoms with Crippen LogP contribution in [0.25, 0.3) is 0 Å². The average Bonchev–Trinajstić information content (AvgIpc) is 3.49. The van der Waals surface area contributed by atoms with Crippen LogP contribution in [0, 0.1) is 6.92 Å². The van der Waals surface area contributed by atoms with Crippen molar-refractivity contribution in [3.63, 3.8) is 0 Å². The van der Waals surface area contributed by atoms with E-state index in [0.717, 1.165) is 4.57 Å². The van der Waals surface area contributed by atoms with Crippen molar-refractivity contribution in [2.45, 2.75) is 55.8 Å². The van der Waals surface area contributed by atoms with Crippen LogP contribution in [0.2, 0.25) is 0 Å². The number of rotatable bonds is 8. The Balaban J connectivity index is 1.27. The number of hydrogen-bond donors (Lipinski definition) is 5. The minimum absolute atomic E-state index is 0.0417. The minimum atomic E-state index is -4.04. The molecule has 6 N–H and O–H groups in total. The summed E-state index contributed by atoms with van der Waals surface area (Å²) < 4.78 is 30.8. The van der Waals surface area contributed by atoms with E-state index in [9.17, 15) is 29.5 Å². The molecule has 18 heteroatoms. The van der Waals surface area contributed by atoms with Crippen molar-refractivity contribution >= 4 is 24.3 Å². The smallest absolute Gasteiger partial charge is 0.351 e. The molecule has 2 bridgehead atoms. The van der Waals surface area contributed by atoms with E-state index in [0.29, 0.717) is 0 Å². The predicted molar refractivity (Wildman–Crippen MR) is 131 cm³/mol. The normalized spacial score (nSPS) is 34.0. The van der Waals surface area contributed by atoms with Gasteiger partial charge < -0.3 is 39.6 Å². The topological polar surface area (TPSA) is 223 Å². The number of aromatic amines is 1. The number of anilines is 1. The summed E-state index contributed by atoms with van der Waals surface area (Å²) in [5.74, 6) is 0.0417. The molecule has 38 heavy (non-hydrogen) atoms. The molecule has 5 heterocycles. The van der Waals surface area contributed by atoms with Crippen molar-refractivity contribution in [1.29, 1.82) is 0 Å². The van der Waals surface area contributed by atoms with Crippen LogP contribution >= 0.6 is 6.72 Å². The number of nitrogens with one attached hydrogen (secondary N) is 1. The fraction of sp³-hybridized carbons (Fsp3) is 0.600. The summed E-state index contributed by atoms with van der Waals surface area (Å²) in [6.45, 7) is -3.62. The van der Waals surface area contributed by atoms with Crippen LogP contribution in [0.5, 0.6) is 0 Å². The molecule has 208 valence electrons. The standard InChI is InChI=1S/C20H26N5O11PS/c1-9-5-25(19(30)23-16(9)28)17-14-15(20(7-26,35-17)8-32-14)36-37(31,38)33-6-11-10(27)4-13(34-11)24-3-2-12(21)22-18(24)29/h2-3,5,10-11,13-15,17,26-27H,4,6-8H2,1H3,(H,31,38)(H2,21,22,29)(H,23,28,30)/t10-,11+,13+,14+,15-,17+,20-,37?/m0/s1. The van der Waals surface area contributed by atoms with Gasteiger partial charge >= 0.3 is 18.1 Å². The van der Waals surface area contributed by atoms with Gasteiger partial charge in [0.2, 0.25) is 0 Å². The van der Waals surface area contributed by atoms with Gasteiger partial charge in [0, 0.05) is 24.4 Å². The quantitative estimate of drug-likeness (QED) is 0.207. The molecule has 8 atom stereocenters. The monoisotopic (exact) mass is 575 g/mol. The van der Waals surface area contributed by atoms with Gasteiger partial charge in [0.25, 0.3) is 5.56 Å². The van der Waals surface area contributed by atoms with Gasteiger partial charge in [-0.1, -0.05) is 0 Å². The zero-order valence-electron chi connectivity index (χ0n) is 19.9. The molecule has 1 unspecified atom stereocenters. The minimum Gasteiger partial charge on any atom is -0.393 e. The lowest BCUT2D eigenvalue weighted by atomic mass is 10.0. The number of aliphatic hydroxyl groups is 2. The largest absolute Gasteiger partial charge is 0.393 e. The van der Waals surface area contributed by atoms with Gasteiger partial charge in [0.1, 0.15) is 36.0 Å². The van der Waals surface area contributed by atoms with E-state index in [1.54, 1.807) is 0 Å². The highest BCUT2D eigenvalue weighted by Crippen LogP contribution is 2.54. The summed E-state index contributed by atoms with van der Waals surface area (Å²) in [6, 6.07) is 1.41. The van der Waals surface area contributed by atoms with Gasteiger partial charge in [-0.15, -0.1) is 0 Å². The Hall–Kier alpha value is -2.31. The first kappa shape index (κ1) is 27.3. The van der Waals surface area contributed by atoms with Crippen molar-refractivity contribution in [3.8, 4) is 0 Å². The van der Waals surface area contributed by atoms with Crippen LogP contribution in [0.4, 0.5) is 5.82 Å². The molecule has 2 aromatic heterocycles. The highest BCUT2D eigenvalue weighted by molar-refractivity contribution is 8.07. The van der Waals surface area contributed by atoms with Gasteiger partial charge in [-0.2, -0.15) is 4.98 Å². The molecule has 3 aliphatic heterocycles. The molecule has 0 radical (unpaired) electrons. The first-order valence-corrected chi connectivity index (χ1v) is 14.1. The van der Waals surface area contributed by atoms with E-state index in [4.69, 9.17) is 40.8 Å². The SMILES string of the molecule is Cc1cn([C@@H]2O[C@@]3(CO)CO[C@@H]2[C@@H]3OP(O)(=S)OC[C@H]2O[C@@H](n3ccc(N)nc3=O)C[C@@H]2O)c(=O)[nH]c1=O. The van der Waals surface area contributed by atoms with Crippen molar-refractivity contribution in [2.24, 2.45) is 0 Å². The third kappa shape index (κ3) is 4.90. The van der Waals surface area contributed by atoms with E-state index in [1.165, 1.54) is 30.0 Å². The number of nitrogens with zero attached hydrogens (tertiary/aromatic N) is 3. The van der Waals surface area contributed by atoms with Gasteiger partial charge in [0.05, 0.1) is 25.9 Å². The molecule has 3 aliphatic rings. The number of nitrogens with two attached hydrogens (primary N) is 1. The Morgan fingerprint density at radius 3 is 2.84 bits per heavy atom. The summed E-state index contributed by atoms with van der Waals surface area (Å²) in [4.78, 5) is 52.8. The number of hydrogen-bond acceptors (Lipinski definition) is 13. The maximum Gasteiger partial charge on any atom is 0.351 e. The zero-order valence-corrected chi connectivity index (χ0v) is 21.6. The number of aryl methyl sites for hydroxylation is 1. The van der Waals surface area contributed by atoms with Crippen molar-refractivity contribution in [3.05, 3.63) is 55.3 Å². The molecule has 2 aromatic rings. The Morgan fingerprint density at radius 1 is 1.37 bits per heavy atom. The molecule has 5 rings (SSSR count). The summed E-state index contributed by atoms with van der Waals surface area (Å²) in [5.41, 5.74) is 2.30. The van der Waals surface area contributed by atoms with E-state index >= 15 is 0 Å². The fourth-order valence-corrected chi connectivity index (χ4v) is 6.14. The Labute approximate surface area is 218 Å². The van der Waals surface area contributed by atoms with Crippen LogP contribution in [-0.4, -0.2) is 84.0 Å². The molecule has 0 spiro atoms. The van der Waals surface area contributed by atoms with E-state index in [-0.39, 0.29) is 31.0 Å². The predicted octanol–water partition coefficient (Wildman–Crippen LogP) is -2.39. The average molecular weight is 575 g/mol. The van der Waals surface area contributed by atoms with Crippen LogP contribution in [-0.2, 0) is 35.1 Å². The van der Waals surface area contributed by atoms with Gasteiger partial charge in [-0.25, -0.2) is 9.59 Å². The van der Waals surface area contributed by atoms with Crippen LogP contribution in [0.15, 0.2) is 32.8 Å². The maximum atomic E-state index is 12.4. The van der Waals surface area contributed by atoms with Crippen LogP contribution in [0.1, 0.15) is 24.4 Å². The van der Waals surface area contributed by atoms with E-state index in [1.807, 2.05) is 0 Å². The second kappa shape index (κ2) is 10.0. The first-order valence-electron chi connectivity index (χ1n) is 11.5. The highest BCUT2D eigenvalue weighted by atomic mass is 32.5. The molecule has 0 aromatic carbocycles. The van der Waals surface area contributed by atoms with Crippen LogP contribution < -0.4 is 22.7 Å². The number of fused-ring (bicyclic) bond motifs is 2. The van der Waals surface area contributed by atoms with Crippen molar-refractivity contribution in [1.82, 2.24) is 19.1 Å². The van der Waals surface area contributed by atoms with Crippen molar-refractivity contribution in [2.75, 3.05) is 25.6 Å². The van der Waals surface area contributed by atoms with Crippen molar-refractivity contribution < 1.29 is 38.4 Å². The molecule has 3 fully saturated rings. The number of ether oxygens (including phenoxy) is 3. The molecular formula is C20H26N5O11PS. The van der Waals surface area contributed by atoms with Gasteiger partial charge in [-0.3, -0.25) is 23.4 Å².